The first kappa shape index (κ1) is 14.9. The molecule has 0 atom stereocenters. The van der Waals surface area contributed by atoms with E-state index in [4.69, 9.17) is 16.3 Å². The van der Waals surface area contributed by atoms with Gasteiger partial charge in [0.2, 0.25) is 0 Å². The van der Waals surface area contributed by atoms with E-state index >= 15 is 0 Å². The van der Waals surface area contributed by atoms with E-state index in [0.717, 1.165) is 34.0 Å². The van der Waals surface area contributed by atoms with Gasteiger partial charge in [0.15, 0.2) is 0 Å². The second-order valence-corrected chi connectivity index (χ2v) is 5.48. The van der Waals surface area contributed by atoms with Crippen LogP contribution in [0.1, 0.15) is 19.4 Å². The molecule has 2 rings (SSSR count). The van der Waals surface area contributed by atoms with Crippen LogP contribution >= 0.6 is 11.6 Å². The van der Waals surface area contributed by atoms with E-state index in [2.05, 4.69) is 37.4 Å². The molecule has 0 aromatic heterocycles. The molecule has 0 unspecified atom stereocenters. The number of ether oxygens (including phenoxy) is 1. The van der Waals surface area contributed by atoms with Crippen molar-refractivity contribution in [2.45, 2.75) is 26.4 Å². The summed E-state index contributed by atoms with van der Waals surface area (Å²) in [6.07, 6.45) is 0. The van der Waals surface area contributed by atoms with Crippen molar-refractivity contribution in [2.75, 3.05) is 7.11 Å². The van der Waals surface area contributed by atoms with Gasteiger partial charge in [0, 0.05) is 17.6 Å². The monoisotopic (exact) mass is 289 g/mol. The Morgan fingerprint density at radius 3 is 2.50 bits per heavy atom. The molecule has 0 saturated carbocycles. The number of hydrogen-bond acceptors (Lipinski definition) is 2. The van der Waals surface area contributed by atoms with Crippen LogP contribution in [0.15, 0.2) is 42.5 Å². The minimum Gasteiger partial charge on any atom is -0.497 e. The summed E-state index contributed by atoms with van der Waals surface area (Å²) >= 11 is 6.37. The number of nitrogens with one attached hydrogen (secondary N) is 1. The fourth-order valence-corrected chi connectivity index (χ4v) is 2.23. The number of hydrogen-bond donors (Lipinski definition) is 1. The Morgan fingerprint density at radius 2 is 1.85 bits per heavy atom. The molecule has 0 radical (unpaired) electrons. The van der Waals surface area contributed by atoms with E-state index in [1.807, 2.05) is 24.3 Å². The standard InChI is InChI=1S/C17H20ClNO/c1-12(2)19-11-15-8-7-14(10-17(15)18)13-5-4-6-16(9-13)20-3/h4-10,12,19H,11H2,1-3H3. The Bertz CT molecular complexity index is 581. The van der Waals surface area contributed by atoms with Gasteiger partial charge in [-0.15, -0.1) is 0 Å². The lowest BCUT2D eigenvalue weighted by atomic mass is 10.0. The Kier molecular flexibility index (Phi) is 5.05. The molecular formula is C17H20ClNO. The molecule has 0 amide bonds. The first-order valence-electron chi connectivity index (χ1n) is 6.76. The van der Waals surface area contributed by atoms with Crippen LogP contribution in [-0.2, 0) is 6.54 Å². The molecule has 20 heavy (non-hydrogen) atoms. The van der Waals surface area contributed by atoms with Crippen molar-refractivity contribution in [1.29, 1.82) is 0 Å². The largest absolute Gasteiger partial charge is 0.497 e. The Labute approximate surface area is 125 Å². The SMILES string of the molecule is COc1cccc(-c2ccc(CNC(C)C)c(Cl)c2)c1. The molecule has 0 spiro atoms. The maximum atomic E-state index is 6.37. The average Bonchev–Trinajstić information content (AvgIpc) is 2.46. The Morgan fingerprint density at radius 1 is 1.10 bits per heavy atom. The van der Waals surface area contributed by atoms with Crippen molar-refractivity contribution >= 4 is 11.6 Å². The zero-order valence-corrected chi connectivity index (χ0v) is 12.9. The van der Waals surface area contributed by atoms with Crippen molar-refractivity contribution < 1.29 is 4.74 Å². The van der Waals surface area contributed by atoms with Crippen molar-refractivity contribution in [3.63, 3.8) is 0 Å². The number of rotatable bonds is 5. The highest BCUT2D eigenvalue weighted by Crippen LogP contribution is 2.28. The van der Waals surface area contributed by atoms with Gasteiger partial charge in [-0.1, -0.05) is 49.7 Å². The molecule has 3 heteroatoms. The van der Waals surface area contributed by atoms with Gasteiger partial charge in [0.1, 0.15) is 5.75 Å². The third-order valence-electron chi connectivity index (χ3n) is 3.16. The molecule has 1 N–H and O–H groups in total. The minimum atomic E-state index is 0.448. The summed E-state index contributed by atoms with van der Waals surface area (Å²) in [6, 6.07) is 14.6. The lowest BCUT2D eigenvalue weighted by Gasteiger charge is -2.11. The smallest absolute Gasteiger partial charge is 0.119 e. The van der Waals surface area contributed by atoms with Crippen molar-refractivity contribution in [2.24, 2.45) is 0 Å². The molecule has 0 aliphatic heterocycles. The molecule has 0 bridgehead atoms. The van der Waals surface area contributed by atoms with Gasteiger partial charge in [-0.2, -0.15) is 0 Å². The topological polar surface area (TPSA) is 21.3 Å². The number of benzene rings is 2. The summed E-state index contributed by atoms with van der Waals surface area (Å²) in [7, 11) is 1.67. The van der Waals surface area contributed by atoms with Gasteiger partial charge in [0.25, 0.3) is 0 Å². The van der Waals surface area contributed by atoms with Gasteiger partial charge in [-0.25, -0.2) is 0 Å². The first-order valence-corrected chi connectivity index (χ1v) is 7.14. The maximum absolute atomic E-state index is 6.37. The van der Waals surface area contributed by atoms with E-state index in [-0.39, 0.29) is 0 Å². The third kappa shape index (κ3) is 3.75. The van der Waals surface area contributed by atoms with E-state index in [0.29, 0.717) is 6.04 Å². The summed E-state index contributed by atoms with van der Waals surface area (Å²) in [5, 5.41) is 4.17. The summed E-state index contributed by atoms with van der Waals surface area (Å²) < 4.78 is 5.25. The van der Waals surface area contributed by atoms with Crippen LogP contribution in [-0.4, -0.2) is 13.2 Å². The average molecular weight is 290 g/mol. The highest BCUT2D eigenvalue weighted by molar-refractivity contribution is 6.31. The molecule has 0 heterocycles. The van der Waals surface area contributed by atoms with E-state index in [9.17, 15) is 0 Å². The minimum absolute atomic E-state index is 0.448. The van der Waals surface area contributed by atoms with Crippen molar-refractivity contribution in [1.82, 2.24) is 5.32 Å². The van der Waals surface area contributed by atoms with Crippen LogP contribution in [0.5, 0.6) is 5.75 Å². The normalized spacial score (nSPS) is 10.8. The summed E-state index contributed by atoms with van der Waals surface area (Å²) in [4.78, 5) is 0. The molecule has 106 valence electrons. The predicted molar refractivity (Wildman–Crippen MR) is 85.4 cm³/mol. The molecule has 2 nitrogen and oxygen atoms in total. The molecule has 0 aliphatic rings. The Balaban J connectivity index is 2.23. The highest BCUT2D eigenvalue weighted by Gasteiger charge is 2.05. The van der Waals surface area contributed by atoms with Gasteiger partial charge in [0.05, 0.1) is 7.11 Å². The van der Waals surface area contributed by atoms with Crippen LogP contribution in [0.2, 0.25) is 5.02 Å². The zero-order valence-electron chi connectivity index (χ0n) is 12.1. The zero-order chi connectivity index (χ0) is 14.5. The molecule has 0 aliphatic carbocycles. The van der Waals surface area contributed by atoms with Gasteiger partial charge in [-0.05, 0) is 34.9 Å². The summed E-state index contributed by atoms with van der Waals surface area (Å²) in [5.74, 6) is 0.851. The van der Waals surface area contributed by atoms with Crippen LogP contribution in [0, 0.1) is 0 Å². The van der Waals surface area contributed by atoms with Crippen molar-refractivity contribution in [3.05, 3.63) is 53.1 Å². The fourth-order valence-electron chi connectivity index (χ4n) is 1.99. The van der Waals surface area contributed by atoms with Gasteiger partial charge in [-0.3, -0.25) is 0 Å². The third-order valence-corrected chi connectivity index (χ3v) is 3.51. The van der Waals surface area contributed by atoms with Crippen LogP contribution in [0.3, 0.4) is 0 Å². The number of halogens is 1. The van der Waals surface area contributed by atoms with Crippen LogP contribution in [0.25, 0.3) is 11.1 Å². The van der Waals surface area contributed by atoms with Gasteiger partial charge >= 0.3 is 0 Å². The highest BCUT2D eigenvalue weighted by atomic mass is 35.5. The van der Waals surface area contributed by atoms with Gasteiger partial charge < -0.3 is 10.1 Å². The molecule has 0 saturated heterocycles. The van der Waals surface area contributed by atoms with E-state index in [1.54, 1.807) is 7.11 Å². The molecular weight excluding hydrogens is 270 g/mol. The summed E-state index contributed by atoms with van der Waals surface area (Å²) in [5.41, 5.74) is 3.32. The van der Waals surface area contributed by atoms with Crippen molar-refractivity contribution in [3.8, 4) is 16.9 Å². The summed E-state index contributed by atoms with van der Waals surface area (Å²) in [6.45, 7) is 5.03. The molecule has 2 aromatic rings. The second kappa shape index (κ2) is 6.78. The predicted octanol–water partition coefficient (Wildman–Crippen LogP) is 4.51. The fraction of sp³-hybridized carbons (Fsp3) is 0.294. The first-order chi connectivity index (χ1) is 9.60. The molecule has 0 fully saturated rings. The van der Waals surface area contributed by atoms with Crippen LogP contribution in [0.4, 0.5) is 0 Å². The van der Waals surface area contributed by atoms with Crippen LogP contribution < -0.4 is 10.1 Å². The molecule has 2 aromatic carbocycles. The van der Waals surface area contributed by atoms with E-state index in [1.165, 1.54) is 0 Å². The quantitative estimate of drug-likeness (QED) is 0.874. The maximum Gasteiger partial charge on any atom is 0.119 e. The van der Waals surface area contributed by atoms with E-state index < -0.39 is 0 Å². The lowest BCUT2D eigenvalue weighted by Crippen LogP contribution is -2.21. The number of methoxy groups -OCH3 is 1. The Hall–Kier alpha value is -1.51. The lowest BCUT2D eigenvalue weighted by molar-refractivity contribution is 0.415. The second-order valence-electron chi connectivity index (χ2n) is 5.07.